The second kappa shape index (κ2) is 5.28. The summed E-state index contributed by atoms with van der Waals surface area (Å²) in [5, 5.41) is 0.580. The highest BCUT2D eigenvalue weighted by atomic mass is 127. The molecular weight excluding hydrogens is 378 g/mol. The first-order valence-corrected chi connectivity index (χ1v) is 6.20. The molecule has 0 saturated carbocycles. The molecule has 2 aromatic rings. The molecule has 0 aliphatic rings. The highest BCUT2D eigenvalue weighted by Gasteiger charge is 2.12. The Morgan fingerprint density at radius 1 is 1.18 bits per heavy atom. The molecule has 0 fully saturated rings. The van der Waals surface area contributed by atoms with Crippen molar-refractivity contribution in [3.8, 4) is 17.4 Å². The summed E-state index contributed by atoms with van der Waals surface area (Å²) in [6.45, 7) is 0. The van der Waals surface area contributed by atoms with E-state index in [1.165, 1.54) is 13.4 Å². The van der Waals surface area contributed by atoms with Crippen molar-refractivity contribution < 1.29 is 4.74 Å². The Bertz CT molecular complexity index is 543. The van der Waals surface area contributed by atoms with Crippen LogP contribution in [0.25, 0.3) is 11.5 Å². The summed E-state index contributed by atoms with van der Waals surface area (Å²) < 4.78 is 5.59. The van der Waals surface area contributed by atoms with E-state index in [0.29, 0.717) is 21.0 Å². The van der Waals surface area contributed by atoms with E-state index in [1.807, 2.05) is 22.6 Å². The summed E-state index contributed by atoms with van der Waals surface area (Å²) >= 11 is 13.8. The van der Waals surface area contributed by atoms with Gasteiger partial charge in [-0.2, -0.15) is 0 Å². The molecule has 0 radical (unpaired) electrons. The van der Waals surface area contributed by atoms with E-state index in [-0.39, 0.29) is 10.3 Å². The van der Waals surface area contributed by atoms with Crippen molar-refractivity contribution in [3.05, 3.63) is 26.3 Å². The first-order chi connectivity index (χ1) is 8.11. The Morgan fingerprint density at radius 2 is 1.82 bits per heavy atom. The summed E-state index contributed by atoms with van der Waals surface area (Å²) in [6.07, 6.45) is 1.36. The molecule has 0 bridgehead atoms. The van der Waals surface area contributed by atoms with Gasteiger partial charge in [0, 0.05) is 6.07 Å². The van der Waals surface area contributed by atoms with Gasteiger partial charge in [0.2, 0.25) is 5.88 Å². The second-order valence-corrected chi connectivity index (χ2v) is 4.68. The van der Waals surface area contributed by atoms with Crippen LogP contribution in [0, 0.1) is 3.57 Å². The van der Waals surface area contributed by atoms with Gasteiger partial charge in [0.25, 0.3) is 0 Å². The summed E-state index contributed by atoms with van der Waals surface area (Å²) in [4.78, 5) is 16.1. The maximum Gasteiger partial charge on any atom is 0.216 e. The third-order valence-electron chi connectivity index (χ3n) is 1.85. The number of hydrogen-bond donors (Lipinski definition) is 0. The van der Waals surface area contributed by atoms with Crippen molar-refractivity contribution in [1.29, 1.82) is 0 Å². The lowest BCUT2D eigenvalue weighted by atomic mass is 10.4. The zero-order valence-electron chi connectivity index (χ0n) is 8.49. The fraction of sp³-hybridized carbons (Fsp3) is 0.111. The molecule has 0 N–H and O–H groups in total. The molecule has 2 aromatic heterocycles. The van der Waals surface area contributed by atoms with Crippen LogP contribution in [0.15, 0.2) is 12.4 Å². The Hall–Kier alpha value is -0.730. The third-order valence-corrected chi connectivity index (χ3v) is 4.06. The van der Waals surface area contributed by atoms with Crippen molar-refractivity contribution in [2.24, 2.45) is 0 Å². The maximum absolute atomic E-state index is 5.92. The predicted octanol–water partition coefficient (Wildman–Crippen LogP) is 2.85. The van der Waals surface area contributed by atoms with Crippen LogP contribution in [0.4, 0.5) is 0 Å². The lowest BCUT2D eigenvalue weighted by Gasteiger charge is -2.04. The normalized spacial score (nSPS) is 10.4. The number of nitrogens with zero attached hydrogens (tertiary/aromatic N) is 4. The molecule has 0 aromatic carbocycles. The van der Waals surface area contributed by atoms with Gasteiger partial charge in [0.15, 0.2) is 5.82 Å². The summed E-state index contributed by atoms with van der Waals surface area (Å²) in [5.41, 5.74) is 0.497. The van der Waals surface area contributed by atoms with Gasteiger partial charge in [0.1, 0.15) is 22.3 Å². The molecule has 0 aliphatic carbocycles. The molecule has 2 heterocycles. The zero-order valence-corrected chi connectivity index (χ0v) is 12.2. The van der Waals surface area contributed by atoms with Crippen molar-refractivity contribution in [2.75, 3.05) is 7.11 Å². The molecule has 0 atom stereocenters. The number of aromatic nitrogens is 4. The Balaban J connectivity index is 2.52. The van der Waals surface area contributed by atoms with Crippen LogP contribution >= 0.6 is 45.8 Å². The fourth-order valence-electron chi connectivity index (χ4n) is 1.08. The van der Waals surface area contributed by atoms with Crippen molar-refractivity contribution >= 4 is 45.8 Å². The molecule has 0 spiro atoms. The second-order valence-electron chi connectivity index (χ2n) is 2.89. The highest BCUT2D eigenvalue weighted by molar-refractivity contribution is 14.1. The van der Waals surface area contributed by atoms with Crippen molar-refractivity contribution in [1.82, 2.24) is 19.9 Å². The number of halogens is 3. The Kier molecular flexibility index (Phi) is 3.95. The van der Waals surface area contributed by atoms with E-state index in [1.54, 1.807) is 6.07 Å². The topological polar surface area (TPSA) is 60.8 Å². The van der Waals surface area contributed by atoms with Crippen LogP contribution < -0.4 is 4.74 Å². The van der Waals surface area contributed by atoms with Crippen LogP contribution in [-0.4, -0.2) is 27.0 Å². The molecule has 8 heteroatoms. The average molecular weight is 383 g/mol. The monoisotopic (exact) mass is 382 g/mol. The van der Waals surface area contributed by atoms with E-state index < -0.39 is 0 Å². The highest BCUT2D eigenvalue weighted by Crippen LogP contribution is 2.26. The van der Waals surface area contributed by atoms with E-state index in [9.17, 15) is 0 Å². The van der Waals surface area contributed by atoms with Gasteiger partial charge in [-0.05, 0) is 22.6 Å². The predicted molar refractivity (Wildman–Crippen MR) is 72.3 cm³/mol. The molecule has 0 saturated heterocycles. The van der Waals surface area contributed by atoms with E-state index in [0.717, 1.165) is 0 Å². The number of hydrogen-bond acceptors (Lipinski definition) is 5. The standard InChI is InChI=1S/C9H5Cl2IN4O/c1-17-5-2-4(13-3-14-5)9-15-7(10)6(12)8(11)16-9/h2-3H,1H3. The van der Waals surface area contributed by atoms with Crippen LogP contribution in [0.5, 0.6) is 5.88 Å². The van der Waals surface area contributed by atoms with Gasteiger partial charge < -0.3 is 4.74 Å². The fourth-order valence-corrected chi connectivity index (χ4v) is 1.71. The van der Waals surface area contributed by atoms with Gasteiger partial charge in [0.05, 0.1) is 10.7 Å². The van der Waals surface area contributed by atoms with Gasteiger partial charge in [-0.3, -0.25) is 0 Å². The van der Waals surface area contributed by atoms with Crippen LogP contribution in [-0.2, 0) is 0 Å². The van der Waals surface area contributed by atoms with Crippen molar-refractivity contribution in [2.45, 2.75) is 0 Å². The van der Waals surface area contributed by atoms with Crippen LogP contribution in [0.1, 0.15) is 0 Å². The molecule has 0 amide bonds. The molecule has 88 valence electrons. The van der Waals surface area contributed by atoms with Crippen LogP contribution in [0.3, 0.4) is 0 Å². The number of methoxy groups -OCH3 is 1. The molecule has 2 rings (SSSR count). The molecule has 0 unspecified atom stereocenters. The van der Waals surface area contributed by atoms with E-state index in [4.69, 9.17) is 27.9 Å². The zero-order chi connectivity index (χ0) is 12.4. The Labute approximate surface area is 121 Å². The lowest BCUT2D eigenvalue weighted by Crippen LogP contribution is -1.97. The molecule has 0 aliphatic heterocycles. The first kappa shape index (κ1) is 12.7. The van der Waals surface area contributed by atoms with Gasteiger partial charge >= 0.3 is 0 Å². The quantitative estimate of drug-likeness (QED) is 0.590. The molecular formula is C9H5Cl2IN4O. The maximum atomic E-state index is 5.92. The smallest absolute Gasteiger partial charge is 0.216 e. The third kappa shape index (κ3) is 2.75. The SMILES string of the molecule is COc1cc(-c2nc(Cl)c(I)c(Cl)n2)ncn1. The summed E-state index contributed by atoms with van der Waals surface area (Å²) in [6, 6.07) is 1.61. The van der Waals surface area contributed by atoms with E-state index in [2.05, 4.69) is 19.9 Å². The average Bonchev–Trinajstić information content (AvgIpc) is 2.35. The molecule has 5 nitrogen and oxygen atoms in total. The minimum Gasteiger partial charge on any atom is -0.481 e. The minimum absolute atomic E-state index is 0.290. The van der Waals surface area contributed by atoms with Gasteiger partial charge in [-0.15, -0.1) is 0 Å². The number of ether oxygens (including phenoxy) is 1. The summed E-state index contributed by atoms with van der Waals surface area (Å²) in [5.74, 6) is 0.755. The number of rotatable bonds is 2. The lowest BCUT2D eigenvalue weighted by molar-refractivity contribution is 0.397. The Morgan fingerprint density at radius 3 is 2.41 bits per heavy atom. The van der Waals surface area contributed by atoms with Gasteiger partial charge in [-0.25, -0.2) is 19.9 Å². The molecule has 17 heavy (non-hydrogen) atoms. The largest absolute Gasteiger partial charge is 0.481 e. The van der Waals surface area contributed by atoms with Crippen LogP contribution in [0.2, 0.25) is 10.3 Å². The van der Waals surface area contributed by atoms with E-state index >= 15 is 0 Å². The minimum atomic E-state index is 0.290. The van der Waals surface area contributed by atoms with Gasteiger partial charge in [-0.1, -0.05) is 23.2 Å². The summed E-state index contributed by atoms with van der Waals surface area (Å²) in [7, 11) is 1.51. The van der Waals surface area contributed by atoms with Crippen molar-refractivity contribution in [3.63, 3.8) is 0 Å². The first-order valence-electron chi connectivity index (χ1n) is 4.36.